The highest BCUT2D eigenvalue weighted by molar-refractivity contribution is 7.32. The zero-order valence-corrected chi connectivity index (χ0v) is 83.1. The molecule has 2 nitrogen and oxygen atoms in total. The molecule has 0 aliphatic rings. The number of hydrogen-bond acceptors (Lipinski definition) is 12. The third-order valence-electron chi connectivity index (χ3n) is 24.0. The van der Waals surface area contributed by atoms with Crippen LogP contribution in [-0.4, -0.2) is 12.6 Å². The number of thiophene rings is 10. The van der Waals surface area contributed by atoms with E-state index in [0.29, 0.717) is 13.0 Å². The number of ether oxygens (including phenoxy) is 1. The standard InChI is InChI=1S/C107H144O2S10/c1-12-21-30-42-53-80-66-76(10)110-99(80)90-68-82(55-44-32-23-14-3)101(112-90)92-70-84(57-46-34-25-16-5)103(114-92)94-72-86(59-48-36-27-18-7)105(116-94)96-74-88(61-50-38-29-20-9)107(118-96)97-75-87(60-49-37-28-19-8)106(119-97)95-73-85(58-47-35-26-17-6)104(117-95)93-71-83(56-45-33-24-15-4)102(115-93)91-69-81(54-43-31-22-13-2)100(113-91)89-67-79(77(11)111-89)64-65-109-98(108)63-62-78-51-40-39-41-52-78/h39-41,51-52,62-63,66-75H,12-38,42-50,53-61,64-65H2,1-11H3/b63-62+. The van der Waals surface area contributed by atoms with Crippen molar-refractivity contribution in [2.45, 2.75) is 372 Å². The maximum Gasteiger partial charge on any atom is 0.330 e. The number of hydrogen-bond donors (Lipinski definition) is 0. The van der Waals surface area contributed by atoms with E-state index in [1.807, 2.05) is 70.4 Å². The van der Waals surface area contributed by atoms with Gasteiger partial charge in [0, 0.05) is 110 Å². The summed E-state index contributed by atoms with van der Waals surface area (Å²) in [5.41, 5.74) is 16.4. The molecule has 11 rings (SSSR count). The summed E-state index contributed by atoms with van der Waals surface area (Å²) in [6.07, 6.45) is 60.2. The van der Waals surface area contributed by atoms with E-state index in [0.717, 1.165) is 50.5 Å². The van der Waals surface area contributed by atoms with Gasteiger partial charge in [-0.3, -0.25) is 0 Å². The fourth-order valence-electron chi connectivity index (χ4n) is 17.0. The summed E-state index contributed by atoms with van der Waals surface area (Å²) in [5.74, 6) is -0.290. The van der Waals surface area contributed by atoms with Crippen molar-refractivity contribution in [1.82, 2.24) is 0 Å². The lowest BCUT2D eigenvalue weighted by Crippen LogP contribution is -2.04. The van der Waals surface area contributed by atoms with Crippen LogP contribution in [0.25, 0.3) is 93.9 Å². The number of unbranched alkanes of at least 4 members (excludes halogenated alkanes) is 27. The average Bonchev–Trinajstić information content (AvgIpc) is 1.61. The zero-order valence-electron chi connectivity index (χ0n) is 74.9. The third kappa shape index (κ3) is 28.0. The van der Waals surface area contributed by atoms with Gasteiger partial charge in [0.25, 0.3) is 0 Å². The number of benzene rings is 1. The molecule has 0 spiro atoms. The third-order valence-corrected chi connectivity index (χ3v) is 37.2. The second kappa shape index (κ2) is 51.8. The van der Waals surface area contributed by atoms with Gasteiger partial charge in [0.15, 0.2) is 0 Å². The number of aryl methyl sites for hydroxylation is 11. The highest BCUT2D eigenvalue weighted by Gasteiger charge is 2.28. The van der Waals surface area contributed by atoms with Crippen LogP contribution in [0.5, 0.6) is 0 Å². The summed E-state index contributed by atoms with van der Waals surface area (Å²) in [7, 11) is 0. The lowest BCUT2D eigenvalue weighted by atomic mass is 10.0. The Bertz CT molecular complexity index is 4790. The van der Waals surface area contributed by atoms with Crippen LogP contribution in [-0.2, 0) is 73.7 Å². The highest BCUT2D eigenvalue weighted by atomic mass is 32.1. The predicted octanol–water partition coefficient (Wildman–Crippen LogP) is 38.8. The molecule has 0 radical (unpaired) electrons. The predicted molar refractivity (Wildman–Crippen MR) is 544 cm³/mol. The van der Waals surface area contributed by atoms with E-state index in [9.17, 15) is 4.79 Å². The quantitative estimate of drug-likeness (QED) is 0.0216. The summed E-state index contributed by atoms with van der Waals surface area (Å²) in [4.78, 5) is 42.8. The van der Waals surface area contributed by atoms with E-state index in [1.165, 1.54) is 328 Å². The van der Waals surface area contributed by atoms with Crippen LogP contribution in [0, 0.1) is 13.8 Å². The van der Waals surface area contributed by atoms with Crippen molar-refractivity contribution in [1.29, 1.82) is 0 Å². The van der Waals surface area contributed by atoms with Crippen LogP contribution in [0.1, 0.15) is 364 Å². The van der Waals surface area contributed by atoms with E-state index >= 15 is 0 Å². The van der Waals surface area contributed by atoms with Crippen LogP contribution in [0.15, 0.2) is 97.1 Å². The minimum atomic E-state index is -0.290. The maximum atomic E-state index is 12.9. The molecule has 0 aliphatic carbocycles. The molecular formula is C107H144O2S10. The van der Waals surface area contributed by atoms with Gasteiger partial charge in [-0.1, -0.05) is 266 Å². The van der Waals surface area contributed by atoms with Crippen molar-refractivity contribution in [3.8, 4) is 87.8 Å². The Morgan fingerprint density at radius 3 is 0.714 bits per heavy atom. The van der Waals surface area contributed by atoms with Crippen LogP contribution in [0.4, 0.5) is 0 Å². The van der Waals surface area contributed by atoms with Gasteiger partial charge >= 0.3 is 5.97 Å². The number of rotatable bonds is 59. The molecule has 10 aromatic heterocycles. The van der Waals surface area contributed by atoms with E-state index in [1.54, 1.807) is 75.0 Å². The molecule has 0 fully saturated rings. The molecule has 11 aromatic rings. The van der Waals surface area contributed by atoms with Gasteiger partial charge in [-0.2, -0.15) is 0 Å². The molecular weight excluding hydrogens is 1640 g/mol. The first-order chi connectivity index (χ1) is 58.4. The van der Waals surface area contributed by atoms with E-state index < -0.39 is 0 Å². The minimum absolute atomic E-state index is 0.290. The van der Waals surface area contributed by atoms with Gasteiger partial charge < -0.3 is 4.74 Å². The lowest BCUT2D eigenvalue weighted by Gasteiger charge is -2.02. The molecule has 0 atom stereocenters. The van der Waals surface area contributed by atoms with E-state index in [-0.39, 0.29) is 5.97 Å². The van der Waals surface area contributed by atoms with Gasteiger partial charge in [0.1, 0.15) is 0 Å². The summed E-state index contributed by atoms with van der Waals surface area (Å²) >= 11 is 21.0. The van der Waals surface area contributed by atoms with Gasteiger partial charge in [-0.15, -0.1) is 113 Å². The van der Waals surface area contributed by atoms with Crippen molar-refractivity contribution in [3.63, 3.8) is 0 Å². The maximum absolute atomic E-state index is 12.9. The van der Waals surface area contributed by atoms with Crippen LogP contribution >= 0.6 is 113 Å². The topological polar surface area (TPSA) is 26.3 Å². The van der Waals surface area contributed by atoms with E-state index in [4.69, 9.17) is 4.74 Å². The zero-order chi connectivity index (χ0) is 83.5. The molecule has 0 N–H and O–H groups in total. The van der Waals surface area contributed by atoms with E-state index in [2.05, 4.69) is 216 Å². The van der Waals surface area contributed by atoms with Gasteiger partial charge in [0.2, 0.25) is 0 Å². The number of carbonyl (C=O) groups excluding carboxylic acids is 1. The van der Waals surface area contributed by atoms with Crippen LogP contribution in [0.3, 0.4) is 0 Å². The molecule has 0 aliphatic heterocycles. The van der Waals surface area contributed by atoms with Crippen molar-refractivity contribution in [3.05, 3.63) is 168 Å². The molecule has 0 bridgehead atoms. The second-order valence-electron chi connectivity index (χ2n) is 34.1. The molecule has 0 amide bonds. The molecule has 0 unspecified atom stereocenters. The highest BCUT2D eigenvalue weighted by Crippen LogP contribution is 2.56. The minimum Gasteiger partial charge on any atom is -0.462 e. The van der Waals surface area contributed by atoms with Crippen molar-refractivity contribution >= 4 is 125 Å². The Kier molecular flexibility index (Phi) is 41.4. The Morgan fingerprint density at radius 2 is 0.471 bits per heavy atom. The number of esters is 1. The molecule has 644 valence electrons. The first-order valence-corrected chi connectivity index (χ1v) is 55.7. The fourth-order valence-corrected chi connectivity index (χ4v) is 30.1. The molecule has 1 aromatic carbocycles. The van der Waals surface area contributed by atoms with Crippen molar-refractivity contribution < 1.29 is 9.53 Å². The summed E-state index contributed by atoms with van der Waals surface area (Å²) in [5, 5.41) is 0. The molecule has 0 saturated carbocycles. The summed E-state index contributed by atoms with van der Waals surface area (Å²) in [6, 6.07) is 36.5. The van der Waals surface area contributed by atoms with Crippen molar-refractivity contribution in [2.75, 3.05) is 6.61 Å². The molecule has 0 saturated heterocycles. The van der Waals surface area contributed by atoms with Crippen LogP contribution < -0.4 is 0 Å². The largest absolute Gasteiger partial charge is 0.462 e. The SMILES string of the molecule is CCCCCCc1cc(C)sc1-c1cc(CCCCCC)c(-c2cc(CCCCCC)c(-c3cc(CCCCCC)c(-c4cc(CCCCCC)c(-c5cc(CCCCCC)c(-c6cc(CCCCCC)c(-c7cc(CCCCCC)c(-c8cc(CCCCCC)c(-c9cc(CCOC(=O)/C=C/c%10ccccc%10)c(C)s9)s8)s7)s6)s5)s4)s3)s2)s1. The first kappa shape index (κ1) is 95.1. The summed E-state index contributed by atoms with van der Waals surface area (Å²) < 4.78 is 5.82. The lowest BCUT2D eigenvalue weighted by molar-refractivity contribution is -0.137. The first-order valence-electron chi connectivity index (χ1n) is 47.5. The van der Waals surface area contributed by atoms with Crippen LogP contribution in [0.2, 0.25) is 0 Å². The summed E-state index contributed by atoms with van der Waals surface area (Å²) in [6.45, 7) is 26.2. The van der Waals surface area contributed by atoms with Gasteiger partial charge in [-0.25, -0.2) is 4.79 Å². The van der Waals surface area contributed by atoms with Gasteiger partial charge in [0.05, 0.1) is 6.61 Å². The monoisotopic (exact) mass is 1780 g/mol. The Balaban J connectivity index is 0.988. The molecule has 12 heteroatoms. The Hall–Kier alpha value is -4.57. The average molecular weight is 1780 g/mol. The normalized spacial score (nSPS) is 11.9. The Morgan fingerprint density at radius 1 is 0.252 bits per heavy atom. The number of carbonyl (C=O) groups is 1. The van der Waals surface area contributed by atoms with Gasteiger partial charge in [-0.05, 0) is 257 Å². The fraction of sp³-hybridized carbons (Fsp3) is 0.542. The smallest absolute Gasteiger partial charge is 0.330 e. The molecule has 10 heterocycles. The second-order valence-corrected chi connectivity index (χ2v) is 45.0. The van der Waals surface area contributed by atoms with Crippen molar-refractivity contribution in [2.24, 2.45) is 0 Å². The molecule has 119 heavy (non-hydrogen) atoms. The Labute approximate surface area is 761 Å².